The number of benzene rings is 11. The Bertz CT molecular complexity index is 5370. The summed E-state index contributed by atoms with van der Waals surface area (Å²) in [4.78, 5) is 27.3. The standard InChI is InChI=1S/C74H42N6OS/c1-3-18-43(19-4-1)45-22-15-23-47(40-45)72-77-70(44-20-5-2-6-21-44)78-73(79-72)54-28-17-30-58-65(54)55-41-48(37-39-56(55)74(58)57-29-10-12-33-61(57)80-60-32-11-7-24-49(60)52-27-16-31-59(74)68(52)80)71-75-66(69-67(76-71)53-26-8-13-34-62(53)81-69)46-36-38-51-50-25-9-14-35-63(50)82-64(51)42-46/h1-42H. The van der Waals surface area contributed by atoms with Crippen LogP contribution in [0.25, 0.3) is 149 Å². The summed E-state index contributed by atoms with van der Waals surface area (Å²) in [6.07, 6.45) is 0. The van der Waals surface area contributed by atoms with E-state index in [1.54, 1.807) is 11.3 Å². The van der Waals surface area contributed by atoms with Crippen molar-refractivity contribution in [3.05, 3.63) is 277 Å². The fourth-order valence-corrected chi connectivity index (χ4v) is 14.7. The molecule has 1 spiro atoms. The van der Waals surface area contributed by atoms with Crippen LogP contribution in [0, 0.1) is 0 Å². The van der Waals surface area contributed by atoms with E-state index in [2.05, 4.69) is 217 Å². The van der Waals surface area contributed by atoms with E-state index < -0.39 is 5.41 Å². The maximum absolute atomic E-state index is 6.74. The van der Waals surface area contributed by atoms with Gasteiger partial charge in [-0.25, -0.2) is 24.9 Å². The van der Waals surface area contributed by atoms with Crippen LogP contribution in [0.2, 0.25) is 0 Å². The van der Waals surface area contributed by atoms with Crippen LogP contribution >= 0.6 is 11.3 Å². The molecule has 0 radical (unpaired) electrons. The van der Waals surface area contributed by atoms with E-state index in [4.69, 9.17) is 29.3 Å². The molecule has 5 aromatic heterocycles. The fraction of sp³-hybridized carbons (Fsp3) is 0.0135. The zero-order valence-electron chi connectivity index (χ0n) is 43.7. The molecule has 0 saturated carbocycles. The summed E-state index contributed by atoms with van der Waals surface area (Å²) >= 11 is 1.80. The van der Waals surface area contributed by atoms with Gasteiger partial charge in [0.2, 0.25) is 0 Å². The highest BCUT2D eigenvalue weighted by atomic mass is 32.1. The Morgan fingerprint density at radius 1 is 0.354 bits per heavy atom. The average Bonchev–Trinajstić information content (AvgIpc) is 1.95. The fourth-order valence-electron chi connectivity index (χ4n) is 13.6. The van der Waals surface area contributed by atoms with Crippen molar-refractivity contribution in [2.45, 2.75) is 5.41 Å². The van der Waals surface area contributed by atoms with Crippen molar-refractivity contribution in [2.75, 3.05) is 0 Å². The van der Waals surface area contributed by atoms with Crippen molar-refractivity contribution in [1.29, 1.82) is 0 Å². The number of thiophene rings is 1. The third-order valence-electron chi connectivity index (χ3n) is 17.1. The molecule has 0 N–H and O–H groups in total. The Hall–Kier alpha value is -10.7. The normalized spacial score (nSPS) is 14.1. The van der Waals surface area contributed by atoms with E-state index in [0.29, 0.717) is 28.9 Å². The molecular formula is C74H42N6OS. The molecule has 2 aliphatic rings. The van der Waals surface area contributed by atoms with E-state index in [1.807, 2.05) is 42.5 Å². The Labute approximate surface area is 473 Å². The van der Waals surface area contributed by atoms with Gasteiger partial charge in [0.15, 0.2) is 28.9 Å². The molecule has 82 heavy (non-hydrogen) atoms. The number of hydrogen-bond acceptors (Lipinski definition) is 7. The number of fused-ring (bicyclic) bond motifs is 18. The summed E-state index contributed by atoms with van der Waals surface area (Å²) in [5.74, 6) is 2.37. The monoisotopic (exact) mass is 1060 g/mol. The van der Waals surface area contributed by atoms with Crippen molar-refractivity contribution in [3.8, 4) is 84.7 Å². The van der Waals surface area contributed by atoms with Gasteiger partial charge in [-0.15, -0.1) is 11.3 Å². The molecule has 8 heteroatoms. The number of aromatic nitrogens is 6. The largest absolute Gasteiger partial charge is 0.452 e. The van der Waals surface area contributed by atoms with Crippen molar-refractivity contribution >= 4 is 75.4 Å². The molecule has 1 atom stereocenters. The van der Waals surface area contributed by atoms with Crippen LogP contribution in [0.4, 0.5) is 0 Å². The predicted molar refractivity (Wildman–Crippen MR) is 333 cm³/mol. The molecule has 7 nitrogen and oxygen atoms in total. The van der Waals surface area contributed by atoms with Gasteiger partial charge in [-0.1, -0.05) is 206 Å². The first kappa shape index (κ1) is 45.2. The lowest BCUT2D eigenvalue weighted by Gasteiger charge is -2.39. The minimum Gasteiger partial charge on any atom is -0.452 e. The van der Waals surface area contributed by atoms with Gasteiger partial charge in [-0.2, -0.15) is 0 Å². The lowest BCUT2D eigenvalue weighted by atomic mass is 9.65. The molecule has 0 saturated heterocycles. The summed E-state index contributed by atoms with van der Waals surface area (Å²) in [7, 11) is 0. The molecule has 1 unspecified atom stereocenters. The van der Waals surface area contributed by atoms with Crippen LogP contribution < -0.4 is 0 Å². The van der Waals surface area contributed by atoms with Crippen LogP contribution in [-0.2, 0) is 5.41 Å². The summed E-state index contributed by atoms with van der Waals surface area (Å²) in [5, 5.41) is 5.85. The first-order valence-electron chi connectivity index (χ1n) is 27.6. The van der Waals surface area contributed by atoms with Gasteiger partial charge in [-0.3, -0.25) is 0 Å². The first-order chi connectivity index (χ1) is 40.6. The summed E-state index contributed by atoms with van der Waals surface area (Å²) in [6, 6.07) is 91.0. The quantitative estimate of drug-likeness (QED) is 0.165. The molecule has 11 aromatic carbocycles. The van der Waals surface area contributed by atoms with Gasteiger partial charge < -0.3 is 8.98 Å². The minimum absolute atomic E-state index is 0.581. The van der Waals surface area contributed by atoms with E-state index in [0.717, 1.165) is 89.1 Å². The molecule has 380 valence electrons. The first-order valence-corrected chi connectivity index (χ1v) is 28.5. The highest BCUT2D eigenvalue weighted by molar-refractivity contribution is 7.25. The van der Waals surface area contributed by atoms with E-state index >= 15 is 0 Å². The second-order valence-electron chi connectivity index (χ2n) is 21.4. The average molecular weight is 1060 g/mol. The summed E-state index contributed by atoms with van der Waals surface area (Å²) < 4.78 is 11.7. The Morgan fingerprint density at radius 2 is 0.976 bits per heavy atom. The smallest absolute Gasteiger partial charge is 0.180 e. The van der Waals surface area contributed by atoms with Crippen molar-refractivity contribution in [2.24, 2.45) is 0 Å². The van der Waals surface area contributed by atoms with Gasteiger partial charge in [0.05, 0.1) is 22.1 Å². The Kier molecular flexibility index (Phi) is 9.47. The zero-order chi connectivity index (χ0) is 53.6. The lowest BCUT2D eigenvalue weighted by molar-refractivity contribution is 0.667. The van der Waals surface area contributed by atoms with Crippen LogP contribution in [0.1, 0.15) is 22.3 Å². The second-order valence-corrected chi connectivity index (χ2v) is 22.5. The van der Waals surface area contributed by atoms with Gasteiger partial charge in [0.25, 0.3) is 0 Å². The molecule has 18 rings (SSSR count). The van der Waals surface area contributed by atoms with Crippen molar-refractivity contribution < 1.29 is 4.42 Å². The SMILES string of the molecule is c1ccc(-c2cccc(-c3nc(-c4ccccc4)nc(-c4cccc5c4-c4cc(-c6nc(-c7ccc8c(c7)sc7ccccc78)c7oc8ccccc8c7n6)ccc4C54c5ccccc5-n5c6ccccc6c6cccc4c65)n3)c2)cc1. The van der Waals surface area contributed by atoms with E-state index in [1.165, 1.54) is 53.1 Å². The summed E-state index contributed by atoms with van der Waals surface area (Å²) in [6.45, 7) is 0. The molecule has 6 heterocycles. The van der Waals surface area contributed by atoms with E-state index in [9.17, 15) is 0 Å². The van der Waals surface area contributed by atoms with Gasteiger partial charge in [0, 0.05) is 64.1 Å². The molecule has 1 aliphatic carbocycles. The van der Waals surface area contributed by atoms with Crippen LogP contribution in [0.3, 0.4) is 0 Å². The number of para-hydroxylation sites is 4. The zero-order valence-corrected chi connectivity index (χ0v) is 44.6. The molecule has 0 bridgehead atoms. The molecule has 16 aromatic rings. The third-order valence-corrected chi connectivity index (χ3v) is 18.2. The van der Waals surface area contributed by atoms with E-state index in [-0.39, 0.29) is 0 Å². The third kappa shape index (κ3) is 6.38. The molecule has 0 fully saturated rings. The molecular weight excluding hydrogens is 1020 g/mol. The van der Waals surface area contributed by atoms with Gasteiger partial charge in [0.1, 0.15) is 16.8 Å². The number of rotatable bonds is 6. The minimum atomic E-state index is -0.766. The van der Waals surface area contributed by atoms with Crippen LogP contribution in [0.5, 0.6) is 0 Å². The van der Waals surface area contributed by atoms with Gasteiger partial charge in [-0.05, 0) is 93.0 Å². The maximum atomic E-state index is 6.74. The summed E-state index contributed by atoms with van der Waals surface area (Å²) in [5.41, 5.74) is 19.3. The number of nitrogens with zero attached hydrogens (tertiary/aromatic N) is 6. The van der Waals surface area contributed by atoms with Crippen molar-refractivity contribution in [1.82, 2.24) is 29.5 Å². The maximum Gasteiger partial charge on any atom is 0.180 e. The van der Waals surface area contributed by atoms with Crippen molar-refractivity contribution in [3.63, 3.8) is 0 Å². The highest BCUT2D eigenvalue weighted by Gasteiger charge is 2.52. The molecule has 0 amide bonds. The molecule has 1 aliphatic heterocycles. The van der Waals surface area contributed by atoms with Crippen LogP contribution in [0.15, 0.2) is 259 Å². The predicted octanol–water partition coefficient (Wildman–Crippen LogP) is 18.7. The number of hydrogen-bond donors (Lipinski definition) is 0. The van der Waals surface area contributed by atoms with Crippen LogP contribution in [-0.4, -0.2) is 29.5 Å². The Balaban J connectivity index is 0.923. The lowest BCUT2D eigenvalue weighted by Crippen LogP contribution is -2.33. The topological polar surface area (TPSA) is 82.5 Å². The van der Waals surface area contributed by atoms with Gasteiger partial charge >= 0.3 is 0 Å². The number of furan rings is 1. The Morgan fingerprint density at radius 3 is 1.87 bits per heavy atom. The second kappa shape index (κ2) is 17.2. The highest BCUT2D eigenvalue weighted by Crippen LogP contribution is 2.63.